The zero-order chi connectivity index (χ0) is 19.8. The fraction of sp³-hybridized carbons (Fsp3) is 0.364. The Kier molecular flexibility index (Phi) is 9.24. The molecule has 1 heterocycles. The molecule has 0 aliphatic carbocycles. The first kappa shape index (κ1) is 23.0. The molecule has 1 aliphatic heterocycles. The lowest BCUT2D eigenvalue weighted by atomic mass is 10.1. The van der Waals surface area contributed by atoms with E-state index in [2.05, 4.69) is 34.7 Å². The van der Waals surface area contributed by atoms with E-state index in [1.807, 2.05) is 49.4 Å². The fourth-order valence-corrected chi connectivity index (χ4v) is 3.17. The van der Waals surface area contributed by atoms with Crippen LogP contribution >= 0.6 is 24.0 Å². The second-order valence-electron chi connectivity index (χ2n) is 6.69. The van der Waals surface area contributed by atoms with E-state index in [1.54, 1.807) is 4.90 Å². The molecule has 7 heteroatoms. The highest BCUT2D eigenvalue weighted by molar-refractivity contribution is 14.0. The van der Waals surface area contributed by atoms with Gasteiger partial charge in [-0.2, -0.15) is 0 Å². The van der Waals surface area contributed by atoms with Gasteiger partial charge in [0.15, 0.2) is 12.6 Å². The standard InChI is InChI=1S/C22H28N4O2.HI/c1-3-23-22(25-17(2)18-10-5-4-6-11-18)24-14-9-15-26-19-12-7-8-13-20(19)28-16-21(26)27;/h4-8,10-13,17H,3,9,14-16H2,1-2H3,(H2,23,24,25);1H. The number of rotatable bonds is 7. The van der Waals surface area contributed by atoms with E-state index in [4.69, 9.17) is 4.74 Å². The average Bonchev–Trinajstić information content (AvgIpc) is 2.73. The summed E-state index contributed by atoms with van der Waals surface area (Å²) in [5, 5.41) is 6.72. The van der Waals surface area contributed by atoms with Crippen LogP contribution in [0.15, 0.2) is 59.6 Å². The molecule has 6 nitrogen and oxygen atoms in total. The Bertz CT molecular complexity index is 813. The minimum atomic E-state index is -0.00888. The minimum absolute atomic E-state index is 0. The molecule has 0 radical (unpaired) electrons. The number of hydrogen-bond acceptors (Lipinski definition) is 3. The van der Waals surface area contributed by atoms with Gasteiger partial charge in [0.05, 0.1) is 11.7 Å². The molecule has 0 fully saturated rings. The highest BCUT2D eigenvalue weighted by atomic mass is 127. The summed E-state index contributed by atoms with van der Waals surface area (Å²) in [6, 6.07) is 18.1. The van der Waals surface area contributed by atoms with Gasteiger partial charge in [-0.3, -0.25) is 9.79 Å². The van der Waals surface area contributed by atoms with E-state index in [1.165, 1.54) is 5.56 Å². The molecule has 1 atom stereocenters. The number of carbonyl (C=O) groups excluding carboxylic acids is 1. The number of benzene rings is 2. The van der Waals surface area contributed by atoms with Gasteiger partial charge in [0.2, 0.25) is 0 Å². The predicted molar refractivity (Wildman–Crippen MR) is 128 cm³/mol. The smallest absolute Gasteiger partial charge is 0.265 e. The number of fused-ring (bicyclic) bond motifs is 1. The number of nitrogens with one attached hydrogen (secondary N) is 2. The molecule has 0 bridgehead atoms. The molecule has 29 heavy (non-hydrogen) atoms. The molecule has 0 spiro atoms. The van der Waals surface area contributed by atoms with Crippen LogP contribution in [0.2, 0.25) is 0 Å². The zero-order valence-electron chi connectivity index (χ0n) is 16.9. The monoisotopic (exact) mass is 508 g/mol. The molecule has 2 N–H and O–H groups in total. The summed E-state index contributed by atoms with van der Waals surface area (Å²) >= 11 is 0. The summed E-state index contributed by atoms with van der Waals surface area (Å²) in [5.41, 5.74) is 2.05. The normalized spacial score (nSPS) is 14.3. The summed E-state index contributed by atoms with van der Waals surface area (Å²) in [7, 11) is 0. The quantitative estimate of drug-likeness (QED) is 0.259. The fourth-order valence-electron chi connectivity index (χ4n) is 3.17. The number of guanidine groups is 1. The second kappa shape index (κ2) is 11.6. The summed E-state index contributed by atoms with van der Waals surface area (Å²) < 4.78 is 5.49. The summed E-state index contributed by atoms with van der Waals surface area (Å²) in [6.45, 7) is 6.31. The van der Waals surface area contributed by atoms with Crippen LogP contribution < -0.4 is 20.3 Å². The molecule has 2 aromatic rings. The summed E-state index contributed by atoms with van der Waals surface area (Å²) in [6.07, 6.45) is 0.774. The molecular weight excluding hydrogens is 479 g/mol. The van der Waals surface area contributed by atoms with Crippen LogP contribution in [0.25, 0.3) is 0 Å². The third kappa shape index (κ3) is 6.35. The summed E-state index contributed by atoms with van der Waals surface area (Å²) in [4.78, 5) is 18.7. The van der Waals surface area contributed by atoms with E-state index in [-0.39, 0.29) is 42.5 Å². The molecule has 1 aliphatic rings. The number of para-hydroxylation sites is 2. The maximum Gasteiger partial charge on any atom is 0.265 e. The van der Waals surface area contributed by atoms with Crippen LogP contribution in [0.3, 0.4) is 0 Å². The van der Waals surface area contributed by atoms with Crippen LogP contribution in [0.5, 0.6) is 5.75 Å². The van der Waals surface area contributed by atoms with Gasteiger partial charge in [-0.25, -0.2) is 0 Å². The molecular formula is C22H29IN4O2. The van der Waals surface area contributed by atoms with Crippen molar-refractivity contribution in [2.75, 3.05) is 31.1 Å². The van der Waals surface area contributed by atoms with E-state index in [0.29, 0.717) is 13.1 Å². The lowest BCUT2D eigenvalue weighted by Gasteiger charge is -2.29. The van der Waals surface area contributed by atoms with Crippen LogP contribution in [0, 0.1) is 0 Å². The summed E-state index contributed by atoms with van der Waals surface area (Å²) in [5.74, 6) is 1.54. The Morgan fingerprint density at radius 3 is 2.66 bits per heavy atom. The van der Waals surface area contributed by atoms with E-state index in [0.717, 1.165) is 30.4 Å². The minimum Gasteiger partial charge on any atom is -0.482 e. The lowest BCUT2D eigenvalue weighted by Crippen LogP contribution is -2.40. The molecule has 0 aromatic heterocycles. The van der Waals surface area contributed by atoms with Crippen molar-refractivity contribution in [2.45, 2.75) is 26.3 Å². The van der Waals surface area contributed by atoms with Gasteiger partial charge in [0.25, 0.3) is 5.91 Å². The SMILES string of the molecule is CCNC(=NCCCN1C(=O)COc2ccccc21)NC(C)c1ccccc1.I. The van der Waals surface area contributed by atoms with Crippen molar-refractivity contribution in [1.82, 2.24) is 10.6 Å². The number of ether oxygens (including phenoxy) is 1. The second-order valence-corrected chi connectivity index (χ2v) is 6.69. The number of carbonyl (C=O) groups is 1. The Morgan fingerprint density at radius 1 is 1.17 bits per heavy atom. The largest absolute Gasteiger partial charge is 0.482 e. The van der Waals surface area contributed by atoms with Gasteiger partial charge in [-0.1, -0.05) is 42.5 Å². The van der Waals surface area contributed by atoms with Crippen molar-refractivity contribution in [3.05, 3.63) is 60.2 Å². The van der Waals surface area contributed by atoms with Crippen molar-refractivity contribution < 1.29 is 9.53 Å². The van der Waals surface area contributed by atoms with Crippen LogP contribution in [0.4, 0.5) is 5.69 Å². The number of halogens is 1. The van der Waals surface area contributed by atoms with Crippen molar-refractivity contribution in [2.24, 2.45) is 4.99 Å². The Morgan fingerprint density at radius 2 is 1.90 bits per heavy atom. The van der Waals surface area contributed by atoms with Crippen molar-refractivity contribution in [3.8, 4) is 5.75 Å². The van der Waals surface area contributed by atoms with Crippen LogP contribution in [0.1, 0.15) is 31.9 Å². The molecule has 0 saturated heterocycles. The van der Waals surface area contributed by atoms with Crippen LogP contribution in [-0.2, 0) is 4.79 Å². The van der Waals surface area contributed by atoms with Gasteiger partial charge < -0.3 is 20.3 Å². The topological polar surface area (TPSA) is 66.0 Å². The Labute approximate surface area is 189 Å². The highest BCUT2D eigenvalue weighted by Gasteiger charge is 2.24. The van der Waals surface area contributed by atoms with Crippen molar-refractivity contribution >= 4 is 41.5 Å². The maximum absolute atomic E-state index is 12.2. The number of hydrogen-bond donors (Lipinski definition) is 2. The number of nitrogens with zero attached hydrogens (tertiary/aromatic N) is 2. The third-order valence-corrected chi connectivity index (χ3v) is 4.62. The van der Waals surface area contributed by atoms with Gasteiger partial charge in [-0.05, 0) is 38.0 Å². The Balaban J connectivity index is 0.00000300. The van der Waals surface area contributed by atoms with E-state index >= 15 is 0 Å². The van der Waals surface area contributed by atoms with Gasteiger partial charge in [-0.15, -0.1) is 24.0 Å². The first-order chi connectivity index (χ1) is 13.7. The van der Waals surface area contributed by atoms with Crippen molar-refractivity contribution in [3.63, 3.8) is 0 Å². The molecule has 0 saturated carbocycles. The number of amides is 1. The predicted octanol–water partition coefficient (Wildman–Crippen LogP) is 3.74. The van der Waals surface area contributed by atoms with E-state index < -0.39 is 0 Å². The molecule has 2 aromatic carbocycles. The number of anilines is 1. The maximum atomic E-state index is 12.2. The number of aliphatic imine (C=N–C) groups is 1. The zero-order valence-corrected chi connectivity index (χ0v) is 19.3. The molecule has 156 valence electrons. The Hall–Kier alpha value is -2.29. The average molecular weight is 508 g/mol. The first-order valence-corrected chi connectivity index (χ1v) is 9.81. The van der Waals surface area contributed by atoms with Crippen molar-refractivity contribution in [1.29, 1.82) is 0 Å². The molecule has 1 amide bonds. The van der Waals surface area contributed by atoms with Crippen LogP contribution in [-0.4, -0.2) is 38.1 Å². The first-order valence-electron chi connectivity index (χ1n) is 9.81. The van der Waals surface area contributed by atoms with Gasteiger partial charge in [0.1, 0.15) is 5.75 Å². The van der Waals surface area contributed by atoms with Gasteiger partial charge >= 0.3 is 0 Å². The van der Waals surface area contributed by atoms with E-state index in [9.17, 15) is 4.79 Å². The highest BCUT2D eigenvalue weighted by Crippen LogP contribution is 2.31. The molecule has 1 unspecified atom stereocenters. The molecule has 3 rings (SSSR count). The lowest BCUT2D eigenvalue weighted by molar-refractivity contribution is -0.121. The van der Waals surface area contributed by atoms with Gasteiger partial charge in [0, 0.05) is 19.6 Å². The third-order valence-electron chi connectivity index (χ3n) is 4.62.